The van der Waals surface area contributed by atoms with E-state index in [1.165, 1.54) is 0 Å². The number of anilines is 1. The number of carbonyl (C=O) groups is 1. The fourth-order valence-corrected chi connectivity index (χ4v) is 2.24. The monoisotopic (exact) mass is 337 g/mol. The van der Waals surface area contributed by atoms with Crippen molar-refractivity contribution in [1.82, 2.24) is 0 Å². The van der Waals surface area contributed by atoms with Gasteiger partial charge in [-0.2, -0.15) is 21.6 Å². The first-order valence-corrected chi connectivity index (χ1v) is 6.51. The van der Waals surface area contributed by atoms with Crippen molar-refractivity contribution in [3.05, 3.63) is 27.7 Å². The maximum absolute atomic E-state index is 12.2. The first kappa shape index (κ1) is 15.9. The molecule has 106 valence electrons. The first-order chi connectivity index (χ1) is 8.45. The van der Waals surface area contributed by atoms with Gasteiger partial charge in [0.05, 0.1) is 16.3 Å². The molecule has 1 aromatic carbocycles. The van der Waals surface area contributed by atoms with Gasteiger partial charge in [0.1, 0.15) is 0 Å². The van der Waals surface area contributed by atoms with Crippen molar-refractivity contribution in [3.8, 4) is 0 Å². The molecule has 0 aromatic heterocycles. The lowest BCUT2D eigenvalue weighted by molar-refractivity contribution is -0.0429. The van der Waals surface area contributed by atoms with Gasteiger partial charge >= 0.3 is 21.5 Å². The summed E-state index contributed by atoms with van der Waals surface area (Å²) < 4.78 is 59.5. The Hall–Kier alpha value is -1.19. The van der Waals surface area contributed by atoms with Gasteiger partial charge in [-0.3, -0.25) is 4.72 Å². The van der Waals surface area contributed by atoms with Crippen molar-refractivity contribution in [2.45, 2.75) is 5.51 Å². The second kappa shape index (κ2) is 5.06. The summed E-state index contributed by atoms with van der Waals surface area (Å²) in [6, 6.07) is 1.67. The van der Waals surface area contributed by atoms with Crippen LogP contribution in [0, 0.1) is 0 Å². The van der Waals surface area contributed by atoms with E-state index < -0.39 is 37.8 Å². The molecule has 11 heteroatoms. The zero-order valence-electron chi connectivity index (χ0n) is 8.62. The SMILES string of the molecule is O=C(O)c1cc(Cl)cc(Cl)c1NS(=O)(=O)C(F)(F)F. The summed E-state index contributed by atoms with van der Waals surface area (Å²) >= 11 is 11.0. The minimum absolute atomic E-state index is 0.169. The van der Waals surface area contributed by atoms with Gasteiger partial charge in [0.15, 0.2) is 0 Å². The second-order valence-corrected chi connectivity index (χ2v) is 5.68. The van der Waals surface area contributed by atoms with Gasteiger partial charge in [-0.25, -0.2) is 4.79 Å². The highest BCUT2D eigenvalue weighted by Crippen LogP contribution is 2.34. The molecule has 0 radical (unpaired) electrons. The van der Waals surface area contributed by atoms with E-state index in [0.29, 0.717) is 0 Å². The molecule has 0 unspecified atom stereocenters. The molecule has 0 fully saturated rings. The van der Waals surface area contributed by atoms with Gasteiger partial charge in [-0.1, -0.05) is 23.2 Å². The summed E-state index contributed by atoms with van der Waals surface area (Å²) in [6.45, 7) is 0. The van der Waals surface area contributed by atoms with Crippen molar-refractivity contribution in [2.24, 2.45) is 0 Å². The van der Waals surface area contributed by atoms with Crippen molar-refractivity contribution < 1.29 is 31.5 Å². The number of alkyl halides is 3. The van der Waals surface area contributed by atoms with Crippen LogP contribution in [-0.4, -0.2) is 25.0 Å². The second-order valence-electron chi connectivity index (χ2n) is 3.17. The lowest BCUT2D eigenvalue weighted by Gasteiger charge is -2.14. The maximum Gasteiger partial charge on any atom is 0.516 e. The van der Waals surface area contributed by atoms with Gasteiger partial charge < -0.3 is 5.11 Å². The number of hydrogen-bond donors (Lipinski definition) is 2. The summed E-state index contributed by atoms with van der Waals surface area (Å²) in [5.74, 6) is -1.69. The standard InChI is InChI=1S/C8H4Cl2F3NO4S/c9-3-1-4(7(15)16)6(5(10)2-3)14-19(17,18)8(11,12)13/h1-2,14H,(H,15,16). The van der Waals surface area contributed by atoms with Gasteiger partial charge in [0.2, 0.25) is 0 Å². The van der Waals surface area contributed by atoms with Crippen molar-refractivity contribution in [3.63, 3.8) is 0 Å². The Balaban J connectivity index is 3.41. The zero-order chi connectivity index (χ0) is 15.0. The molecular formula is C8H4Cl2F3NO4S. The molecule has 2 N–H and O–H groups in total. The van der Waals surface area contributed by atoms with Crippen molar-refractivity contribution in [1.29, 1.82) is 0 Å². The normalized spacial score (nSPS) is 12.3. The third-order valence-corrected chi connectivity index (χ3v) is 3.43. The van der Waals surface area contributed by atoms with Crippen LogP contribution < -0.4 is 4.72 Å². The third-order valence-electron chi connectivity index (χ3n) is 1.83. The van der Waals surface area contributed by atoms with E-state index in [-0.39, 0.29) is 5.02 Å². The van der Waals surface area contributed by atoms with Crippen LogP contribution in [0.4, 0.5) is 18.9 Å². The highest BCUT2D eigenvalue weighted by molar-refractivity contribution is 7.93. The quantitative estimate of drug-likeness (QED) is 0.888. The molecule has 19 heavy (non-hydrogen) atoms. The molecule has 0 bridgehead atoms. The number of benzene rings is 1. The largest absolute Gasteiger partial charge is 0.516 e. The average molecular weight is 338 g/mol. The molecule has 0 saturated carbocycles. The number of hydrogen-bond acceptors (Lipinski definition) is 3. The van der Waals surface area contributed by atoms with Crippen LogP contribution in [0.5, 0.6) is 0 Å². The Morgan fingerprint density at radius 1 is 1.26 bits per heavy atom. The highest BCUT2D eigenvalue weighted by Gasteiger charge is 2.46. The van der Waals surface area contributed by atoms with Crippen molar-refractivity contribution in [2.75, 3.05) is 4.72 Å². The Bertz CT molecular complexity index is 630. The molecule has 0 aliphatic rings. The van der Waals surface area contributed by atoms with Gasteiger partial charge in [0, 0.05) is 5.02 Å². The number of halogens is 5. The molecular weight excluding hydrogens is 334 g/mol. The van der Waals surface area contributed by atoms with Crippen LogP contribution in [0.15, 0.2) is 12.1 Å². The Labute approximate surface area is 115 Å². The lowest BCUT2D eigenvalue weighted by atomic mass is 10.2. The average Bonchev–Trinajstić information content (AvgIpc) is 2.19. The summed E-state index contributed by atoms with van der Waals surface area (Å²) in [7, 11) is -5.78. The van der Waals surface area contributed by atoms with Gasteiger partial charge in [0.25, 0.3) is 0 Å². The zero-order valence-corrected chi connectivity index (χ0v) is 11.0. The number of nitrogens with one attached hydrogen (secondary N) is 1. The predicted octanol–water partition coefficient (Wildman–Crippen LogP) is 2.95. The van der Waals surface area contributed by atoms with Gasteiger partial charge in [-0.05, 0) is 12.1 Å². The van der Waals surface area contributed by atoms with Crippen LogP contribution >= 0.6 is 23.2 Å². The van der Waals surface area contributed by atoms with E-state index in [1.54, 1.807) is 0 Å². The molecule has 0 heterocycles. The van der Waals surface area contributed by atoms with Gasteiger partial charge in [-0.15, -0.1) is 0 Å². The summed E-state index contributed by atoms with van der Waals surface area (Å²) in [6.07, 6.45) is 0. The van der Waals surface area contributed by atoms with Crippen LogP contribution in [0.2, 0.25) is 10.0 Å². The number of carboxylic acid groups (broad SMARTS) is 1. The number of rotatable bonds is 3. The molecule has 0 aliphatic heterocycles. The van der Waals surface area contributed by atoms with Crippen LogP contribution in [-0.2, 0) is 10.0 Å². The molecule has 0 spiro atoms. The Morgan fingerprint density at radius 3 is 2.21 bits per heavy atom. The minimum Gasteiger partial charge on any atom is -0.478 e. The molecule has 5 nitrogen and oxygen atoms in total. The van der Waals surface area contributed by atoms with E-state index in [0.717, 1.165) is 16.9 Å². The van der Waals surface area contributed by atoms with E-state index in [4.69, 9.17) is 28.3 Å². The molecule has 1 aromatic rings. The van der Waals surface area contributed by atoms with E-state index >= 15 is 0 Å². The Morgan fingerprint density at radius 2 is 1.79 bits per heavy atom. The fourth-order valence-electron chi connectivity index (χ4n) is 1.04. The fraction of sp³-hybridized carbons (Fsp3) is 0.125. The molecule has 1 rings (SSSR count). The summed E-state index contributed by atoms with van der Waals surface area (Å²) in [4.78, 5) is 10.8. The minimum atomic E-state index is -5.78. The first-order valence-electron chi connectivity index (χ1n) is 4.27. The highest BCUT2D eigenvalue weighted by atomic mass is 35.5. The summed E-state index contributed by atoms with van der Waals surface area (Å²) in [5.41, 5.74) is -7.31. The summed E-state index contributed by atoms with van der Waals surface area (Å²) in [5, 5.41) is 8.04. The van der Waals surface area contributed by atoms with E-state index in [2.05, 4.69) is 0 Å². The third kappa shape index (κ3) is 3.43. The van der Waals surface area contributed by atoms with Crippen LogP contribution in [0.1, 0.15) is 10.4 Å². The van der Waals surface area contributed by atoms with Crippen LogP contribution in [0.25, 0.3) is 0 Å². The van der Waals surface area contributed by atoms with E-state index in [9.17, 15) is 26.4 Å². The smallest absolute Gasteiger partial charge is 0.478 e. The van der Waals surface area contributed by atoms with E-state index in [1.807, 2.05) is 0 Å². The number of carboxylic acids is 1. The topological polar surface area (TPSA) is 83.5 Å². The molecule has 0 atom stereocenters. The predicted molar refractivity (Wildman–Crippen MR) is 62.0 cm³/mol. The molecule has 0 amide bonds. The van der Waals surface area contributed by atoms with Crippen molar-refractivity contribution >= 4 is 44.9 Å². The number of aromatic carboxylic acids is 1. The van der Waals surface area contributed by atoms with Crippen LogP contribution in [0.3, 0.4) is 0 Å². The molecule has 0 aliphatic carbocycles. The Kier molecular flexibility index (Phi) is 4.23. The molecule has 0 saturated heterocycles. The maximum atomic E-state index is 12.2. The lowest BCUT2D eigenvalue weighted by Crippen LogP contribution is -2.30. The number of sulfonamides is 1.